The highest BCUT2D eigenvalue weighted by Crippen LogP contribution is 2.43. The molecule has 3 aliphatic heterocycles. The van der Waals surface area contributed by atoms with Gasteiger partial charge in [-0.15, -0.1) is 0 Å². The van der Waals surface area contributed by atoms with Crippen LogP contribution in [-0.4, -0.2) is 66.9 Å². The molecule has 32 heavy (non-hydrogen) atoms. The summed E-state index contributed by atoms with van der Waals surface area (Å²) in [6, 6.07) is 12.9. The van der Waals surface area contributed by atoms with Crippen LogP contribution in [0.5, 0.6) is 0 Å². The van der Waals surface area contributed by atoms with Gasteiger partial charge in [-0.2, -0.15) is 0 Å². The van der Waals surface area contributed by atoms with E-state index in [1.807, 2.05) is 35.2 Å². The van der Waals surface area contributed by atoms with E-state index < -0.39 is 5.60 Å². The van der Waals surface area contributed by atoms with Crippen molar-refractivity contribution in [2.24, 2.45) is 0 Å². The molecule has 0 aliphatic carbocycles. The van der Waals surface area contributed by atoms with Gasteiger partial charge in [-0.3, -0.25) is 9.59 Å². The van der Waals surface area contributed by atoms with Crippen LogP contribution < -0.4 is 4.90 Å². The lowest BCUT2D eigenvalue weighted by Crippen LogP contribution is -2.48. The lowest BCUT2D eigenvalue weighted by atomic mass is 9.91. The molecule has 0 radical (unpaired) electrons. The summed E-state index contributed by atoms with van der Waals surface area (Å²) in [5.41, 5.74) is 2.03. The number of anilines is 1. The molecule has 2 fully saturated rings. The summed E-state index contributed by atoms with van der Waals surface area (Å²) in [7, 11) is 0. The van der Waals surface area contributed by atoms with E-state index in [-0.39, 0.29) is 17.8 Å². The minimum atomic E-state index is -0.772. The van der Waals surface area contributed by atoms with Gasteiger partial charge in [0, 0.05) is 57.3 Å². The fraction of sp³-hybridized carbons (Fsp3) is 0.375. The van der Waals surface area contributed by atoms with Crippen molar-refractivity contribution in [1.82, 2.24) is 9.80 Å². The van der Waals surface area contributed by atoms with Gasteiger partial charge in [0.15, 0.2) is 5.60 Å². The number of benzene rings is 2. The normalized spacial score (nSPS) is 22.3. The van der Waals surface area contributed by atoms with Crippen LogP contribution in [0.4, 0.5) is 5.69 Å². The van der Waals surface area contributed by atoms with Crippen LogP contribution in [0.3, 0.4) is 0 Å². The second-order valence-electron chi connectivity index (χ2n) is 8.56. The number of halogens is 1. The fourth-order valence-corrected chi connectivity index (χ4v) is 5.18. The van der Waals surface area contributed by atoms with Crippen molar-refractivity contribution in [3.63, 3.8) is 0 Å². The van der Waals surface area contributed by atoms with Crippen LogP contribution in [0.15, 0.2) is 42.5 Å². The predicted molar refractivity (Wildman–Crippen MR) is 120 cm³/mol. The van der Waals surface area contributed by atoms with Gasteiger partial charge >= 0.3 is 5.97 Å². The molecule has 3 heterocycles. The quantitative estimate of drug-likeness (QED) is 0.654. The fourth-order valence-electron chi connectivity index (χ4n) is 4.93. The molecule has 5 rings (SSSR count). The maximum atomic E-state index is 13.3. The summed E-state index contributed by atoms with van der Waals surface area (Å²) in [6.07, 6.45) is 0.567. The van der Waals surface area contributed by atoms with Gasteiger partial charge < -0.3 is 19.4 Å². The Morgan fingerprint density at radius 3 is 2.47 bits per heavy atom. The van der Waals surface area contributed by atoms with E-state index in [4.69, 9.17) is 16.3 Å². The maximum absolute atomic E-state index is 13.3. The molecular formula is C24H24ClN3O4. The molecule has 2 amide bonds. The van der Waals surface area contributed by atoms with Gasteiger partial charge in [0.2, 0.25) is 5.91 Å². The molecule has 0 saturated carbocycles. The molecule has 0 bridgehead atoms. The van der Waals surface area contributed by atoms with Gasteiger partial charge in [-0.05, 0) is 24.3 Å². The standard InChI is InChI=1S/C24H24ClN3O4/c1-16(29)26-10-12-27(13-11-26)17-6-7-19(21(25)14-17)22(30)28-9-8-24(15-28)20-5-3-2-4-18(20)23(31)32-24/h2-7,14H,8-13,15H2,1H3/t24-/m0/s1. The SMILES string of the molecule is CC(=O)N1CCN(c2ccc(C(=O)N3CC[C@@]4(C3)OC(=O)c3ccccc34)c(Cl)c2)CC1. The lowest BCUT2D eigenvalue weighted by molar-refractivity contribution is -0.129. The first-order valence-electron chi connectivity index (χ1n) is 10.8. The average Bonchev–Trinajstić information content (AvgIpc) is 3.35. The van der Waals surface area contributed by atoms with Crippen LogP contribution in [0.25, 0.3) is 0 Å². The first-order chi connectivity index (χ1) is 15.4. The molecule has 2 aromatic rings. The third kappa shape index (κ3) is 3.41. The molecule has 7 nitrogen and oxygen atoms in total. The zero-order valence-electron chi connectivity index (χ0n) is 17.8. The molecule has 8 heteroatoms. The van der Waals surface area contributed by atoms with Crippen LogP contribution in [0.1, 0.15) is 39.6 Å². The molecule has 1 atom stereocenters. The van der Waals surface area contributed by atoms with Gasteiger partial charge in [0.05, 0.1) is 22.7 Å². The number of hydrogen-bond acceptors (Lipinski definition) is 5. The van der Waals surface area contributed by atoms with E-state index in [0.717, 1.165) is 24.3 Å². The molecule has 3 aliphatic rings. The zero-order chi connectivity index (χ0) is 22.5. The van der Waals surface area contributed by atoms with E-state index in [0.29, 0.717) is 48.7 Å². The minimum absolute atomic E-state index is 0.0857. The summed E-state index contributed by atoms with van der Waals surface area (Å²) in [4.78, 5) is 42.8. The molecule has 0 unspecified atom stereocenters. The number of hydrogen-bond donors (Lipinski definition) is 0. The van der Waals surface area contributed by atoms with E-state index in [2.05, 4.69) is 4.90 Å². The van der Waals surface area contributed by atoms with E-state index in [9.17, 15) is 14.4 Å². The number of esters is 1. The summed E-state index contributed by atoms with van der Waals surface area (Å²) in [5.74, 6) is -0.412. The minimum Gasteiger partial charge on any atom is -0.449 e. The molecular weight excluding hydrogens is 430 g/mol. The number of carbonyl (C=O) groups excluding carboxylic acids is 3. The Balaban J connectivity index is 1.31. The Morgan fingerprint density at radius 1 is 1.00 bits per heavy atom. The monoisotopic (exact) mass is 453 g/mol. The van der Waals surface area contributed by atoms with Crippen molar-refractivity contribution in [3.8, 4) is 0 Å². The number of likely N-dealkylation sites (tertiary alicyclic amines) is 1. The average molecular weight is 454 g/mol. The van der Waals surface area contributed by atoms with Crippen LogP contribution >= 0.6 is 11.6 Å². The van der Waals surface area contributed by atoms with Crippen LogP contribution in [0.2, 0.25) is 5.02 Å². The number of piperazine rings is 1. The Morgan fingerprint density at radius 2 is 1.75 bits per heavy atom. The van der Waals surface area contributed by atoms with E-state index in [1.165, 1.54) is 0 Å². The molecule has 0 aromatic heterocycles. The van der Waals surface area contributed by atoms with Crippen LogP contribution in [0, 0.1) is 0 Å². The molecule has 2 saturated heterocycles. The van der Waals surface area contributed by atoms with Gasteiger partial charge in [0.25, 0.3) is 5.91 Å². The number of nitrogens with zero attached hydrogens (tertiary/aromatic N) is 3. The number of amides is 2. The lowest BCUT2D eigenvalue weighted by Gasteiger charge is -2.35. The smallest absolute Gasteiger partial charge is 0.339 e. The zero-order valence-corrected chi connectivity index (χ0v) is 18.6. The second kappa shape index (κ2) is 7.81. The Kier molecular flexibility index (Phi) is 5.08. The van der Waals surface area contributed by atoms with E-state index >= 15 is 0 Å². The molecule has 2 aromatic carbocycles. The van der Waals surface area contributed by atoms with Gasteiger partial charge in [0.1, 0.15) is 0 Å². The third-order valence-electron chi connectivity index (χ3n) is 6.72. The summed E-state index contributed by atoms with van der Waals surface area (Å²) in [6.45, 7) is 5.18. The topological polar surface area (TPSA) is 70.2 Å². The highest BCUT2D eigenvalue weighted by atomic mass is 35.5. The Hall–Kier alpha value is -3.06. The van der Waals surface area contributed by atoms with Crippen LogP contribution in [-0.2, 0) is 15.1 Å². The van der Waals surface area contributed by atoms with Gasteiger partial charge in [-0.1, -0.05) is 29.8 Å². The number of carbonyl (C=O) groups is 3. The van der Waals surface area contributed by atoms with Crippen molar-refractivity contribution in [2.75, 3.05) is 44.2 Å². The van der Waals surface area contributed by atoms with E-state index in [1.54, 1.807) is 24.0 Å². The third-order valence-corrected chi connectivity index (χ3v) is 7.03. The van der Waals surface area contributed by atoms with Gasteiger partial charge in [-0.25, -0.2) is 4.79 Å². The largest absolute Gasteiger partial charge is 0.449 e. The molecule has 166 valence electrons. The summed E-state index contributed by atoms with van der Waals surface area (Å²) >= 11 is 6.53. The van der Waals surface area contributed by atoms with Crippen molar-refractivity contribution in [1.29, 1.82) is 0 Å². The first-order valence-corrected chi connectivity index (χ1v) is 11.2. The molecule has 1 spiro atoms. The number of ether oxygens (including phenoxy) is 1. The second-order valence-corrected chi connectivity index (χ2v) is 8.97. The highest BCUT2D eigenvalue weighted by molar-refractivity contribution is 6.34. The Bertz CT molecular complexity index is 1110. The first kappa shape index (κ1) is 20.8. The van der Waals surface area contributed by atoms with Crippen molar-refractivity contribution in [2.45, 2.75) is 18.9 Å². The van der Waals surface area contributed by atoms with Crippen molar-refractivity contribution < 1.29 is 19.1 Å². The summed E-state index contributed by atoms with van der Waals surface area (Å²) in [5, 5.41) is 0.395. The Labute approximate surface area is 191 Å². The van der Waals surface area contributed by atoms with Crippen molar-refractivity contribution >= 4 is 35.1 Å². The van der Waals surface area contributed by atoms with Crippen molar-refractivity contribution in [3.05, 3.63) is 64.2 Å². The molecule has 0 N–H and O–H groups in total. The predicted octanol–water partition coefficient (Wildman–Crippen LogP) is 2.92. The maximum Gasteiger partial charge on any atom is 0.339 e. The highest BCUT2D eigenvalue weighted by Gasteiger charge is 2.51. The number of fused-ring (bicyclic) bond motifs is 2. The number of rotatable bonds is 2. The summed E-state index contributed by atoms with van der Waals surface area (Å²) < 4.78 is 5.75.